The van der Waals surface area contributed by atoms with Gasteiger partial charge in [-0.1, -0.05) is 15.9 Å². The lowest BCUT2D eigenvalue weighted by Gasteiger charge is -2.14. The topological polar surface area (TPSA) is 50.4 Å². The lowest BCUT2D eigenvalue weighted by atomic mass is 10.2. The van der Waals surface area contributed by atoms with Gasteiger partial charge in [-0.3, -0.25) is 4.79 Å². The number of benzene rings is 1. The summed E-state index contributed by atoms with van der Waals surface area (Å²) in [6.07, 6.45) is 1.94. The minimum atomic E-state index is -0.0845. The first-order chi connectivity index (χ1) is 8.20. The van der Waals surface area contributed by atoms with Crippen molar-refractivity contribution in [2.45, 2.75) is 18.9 Å². The second kappa shape index (κ2) is 5.51. The maximum atomic E-state index is 11.9. The number of hydrogen-bond donors (Lipinski definition) is 2. The van der Waals surface area contributed by atoms with Gasteiger partial charge >= 0.3 is 0 Å². The fraction of sp³-hybridized carbons (Fsp3) is 0.417. The van der Waals surface area contributed by atoms with Gasteiger partial charge in [0.1, 0.15) is 5.75 Å². The maximum Gasteiger partial charge on any atom is 0.241 e. The van der Waals surface area contributed by atoms with Crippen LogP contribution >= 0.6 is 15.9 Å². The quantitative estimate of drug-likeness (QED) is 0.899. The van der Waals surface area contributed by atoms with E-state index in [1.54, 1.807) is 7.11 Å². The predicted molar refractivity (Wildman–Crippen MR) is 70.3 cm³/mol. The molecule has 1 aromatic carbocycles. The van der Waals surface area contributed by atoms with Crippen molar-refractivity contribution in [3.63, 3.8) is 0 Å². The first kappa shape index (κ1) is 12.4. The second-order valence-corrected chi connectivity index (χ2v) is 4.90. The third kappa shape index (κ3) is 2.98. The van der Waals surface area contributed by atoms with E-state index in [0.717, 1.165) is 23.9 Å². The molecule has 17 heavy (non-hydrogen) atoms. The monoisotopic (exact) mass is 298 g/mol. The number of nitrogens with one attached hydrogen (secondary N) is 2. The van der Waals surface area contributed by atoms with Crippen molar-refractivity contribution in [3.05, 3.63) is 22.7 Å². The smallest absolute Gasteiger partial charge is 0.241 e. The minimum Gasteiger partial charge on any atom is -0.495 e. The van der Waals surface area contributed by atoms with Crippen molar-refractivity contribution >= 4 is 27.5 Å². The predicted octanol–water partition coefficient (Wildman–Crippen LogP) is 2.15. The largest absolute Gasteiger partial charge is 0.495 e. The number of carbonyl (C=O) groups excluding carboxylic acids is 1. The van der Waals surface area contributed by atoms with Crippen molar-refractivity contribution < 1.29 is 9.53 Å². The number of ether oxygens (including phenoxy) is 1. The Bertz CT molecular complexity index is 417. The normalized spacial score (nSPS) is 19.1. The van der Waals surface area contributed by atoms with Crippen molar-refractivity contribution in [2.75, 3.05) is 19.0 Å². The molecule has 0 bridgehead atoms. The molecular formula is C12H15BrN2O2. The second-order valence-electron chi connectivity index (χ2n) is 3.98. The summed E-state index contributed by atoms with van der Waals surface area (Å²) in [5, 5.41) is 6.05. The van der Waals surface area contributed by atoms with Gasteiger partial charge in [0, 0.05) is 4.47 Å². The number of rotatable bonds is 3. The van der Waals surface area contributed by atoms with E-state index in [0.29, 0.717) is 11.4 Å². The third-order valence-electron chi connectivity index (χ3n) is 2.80. The summed E-state index contributed by atoms with van der Waals surface area (Å²) in [6, 6.07) is 5.45. The van der Waals surface area contributed by atoms with Gasteiger partial charge in [-0.15, -0.1) is 0 Å². The van der Waals surface area contributed by atoms with Gasteiger partial charge in [-0.05, 0) is 37.6 Å². The third-order valence-corrected chi connectivity index (χ3v) is 3.29. The molecule has 2 rings (SSSR count). The van der Waals surface area contributed by atoms with Crippen LogP contribution in [-0.4, -0.2) is 25.6 Å². The van der Waals surface area contributed by atoms with Crippen molar-refractivity contribution in [2.24, 2.45) is 0 Å². The first-order valence-electron chi connectivity index (χ1n) is 5.58. The molecular weight excluding hydrogens is 284 g/mol. The van der Waals surface area contributed by atoms with Crippen LogP contribution in [-0.2, 0) is 4.79 Å². The molecule has 0 aliphatic carbocycles. The average Bonchev–Trinajstić information content (AvgIpc) is 2.83. The van der Waals surface area contributed by atoms with Gasteiger partial charge in [0.05, 0.1) is 18.8 Å². The van der Waals surface area contributed by atoms with E-state index in [4.69, 9.17) is 4.74 Å². The van der Waals surface area contributed by atoms with Gasteiger partial charge in [0.15, 0.2) is 0 Å². The van der Waals surface area contributed by atoms with Gasteiger partial charge in [0.25, 0.3) is 0 Å². The Kier molecular flexibility index (Phi) is 4.02. The zero-order valence-electron chi connectivity index (χ0n) is 9.63. The Labute approximate surface area is 109 Å². The number of hydrogen-bond acceptors (Lipinski definition) is 3. The number of amides is 1. The van der Waals surface area contributed by atoms with Crippen LogP contribution in [0.5, 0.6) is 5.75 Å². The standard InChI is InChI=1S/C12H15BrN2O2/c1-17-11-5-4-8(13)7-10(11)15-12(16)9-3-2-6-14-9/h4-5,7,9,14H,2-3,6H2,1H3,(H,15,16)/t9-/m1/s1. The molecule has 0 unspecified atom stereocenters. The van der Waals surface area contributed by atoms with E-state index in [9.17, 15) is 4.79 Å². The molecule has 1 aromatic rings. The van der Waals surface area contributed by atoms with Crippen LogP contribution in [0.15, 0.2) is 22.7 Å². The van der Waals surface area contributed by atoms with Crippen LogP contribution in [0.25, 0.3) is 0 Å². The summed E-state index contributed by atoms with van der Waals surface area (Å²) in [6.45, 7) is 0.910. The Balaban J connectivity index is 2.11. The number of carbonyl (C=O) groups is 1. The molecule has 1 amide bonds. The van der Waals surface area contributed by atoms with Crippen LogP contribution in [0.1, 0.15) is 12.8 Å². The van der Waals surface area contributed by atoms with Gasteiger partial charge in [0.2, 0.25) is 5.91 Å². The Morgan fingerprint density at radius 1 is 1.59 bits per heavy atom. The Morgan fingerprint density at radius 3 is 3.06 bits per heavy atom. The molecule has 1 atom stereocenters. The molecule has 5 heteroatoms. The van der Waals surface area contributed by atoms with Crippen LogP contribution in [0.2, 0.25) is 0 Å². The SMILES string of the molecule is COc1ccc(Br)cc1NC(=O)[C@H]1CCCN1. The molecule has 1 aliphatic rings. The summed E-state index contributed by atoms with van der Waals surface area (Å²) in [7, 11) is 1.59. The zero-order valence-corrected chi connectivity index (χ0v) is 11.2. The molecule has 4 nitrogen and oxygen atoms in total. The highest BCUT2D eigenvalue weighted by atomic mass is 79.9. The fourth-order valence-corrected chi connectivity index (χ4v) is 2.27. The molecule has 0 aromatic heterocycles. The van der Waals surface area contributed by atoms with Gasteiger partial charge < -0.3 is 15.4 Å². The minimum absolute atomic E-state index is 0.00102. The zero-order chi connectivity index (χ0) is 12.3. The number of methoxy groups -OCH3 is 1. The Hall–Kier alpha value is -1.07. The summed E-state index contributed by atoms with van der Waals surface area (Å²) in [5.74, 6) is 0.665. The van der Waals surface area contributed by atoms with Crippen LogP contribution in [0.4, 0.5) is 5.69 Å². The molecule has 1 fully saturated rings. The molecule has 0 spiro atoms. The summed E-state index contributed by atoms with van der Waals surface area (Å²) >= 11 is 3.38. The van der Waals surface area contributed by atoms with Crippen LogP contribution in [0.3, 0.4) is 0 Å². The summed E-state index contributed by atoms with van der Waals surface area (Å²) < 4.78 is 6.12. The van der Waals surface area contributed by atoms with Gasteiger partial charge in [-0.25, -0.2) is 0 Å². The lowest BCUT2D eigenvalue weighted by Crippen LogP contribution is -2.35. The summed E-state index contributed by atoms with van der Waals surface area (Å²) in [5.41, 5.74) is 0.695. The molecule has 0 radical (unpaired) electrons. The molecule has 2 N–H and O–H groups in total. The van der Waals surface area contributed by atoms with E-state index in [1.807, 2.05) is 18.2 Å². The highest BCUT2D eigenvalue weighted by Gasteiger charge is 2.22. The first-order valence-corrected chi connectivity index (χ1v) is 6.38. The molecule has 1 heterocycles. The van der Waals surface area contributed by atoms with Crippen molar-refractivity contribution in [1.82, 2.24) is 5.32 Å². The number of anilines is 1. The van der Waals surface area contributed by atoms with Crippen LogP contribution < -0.4 is 15.4 Å². The van der Waals surface area contributed by atoms with E-state index >= 15 is 0 Å². The van der Waals surface area contributed by atoms with E-state index < -0.39 is 0 Å². The lowest BCUT2D eigenvalue weighted by molar-refractivity contribution is -0.117. The number of halogens is 1. The van der Waals surface area contributed by atoms with E-state index in [-0.39, 0.29) is 11.9 Å². The van der Waals surface area contributed by atoms with E-state index in [1.165, 1.54) is 0 Å². The molecule has 1 aliphatic heterocycles. The highest BCUT2D eigenvalue weighted by molar-refractivity contribution is 9.10. The fourth-order valence-electron chi connectivity index (χ4n) is 1.91. The highest BCUT2D eigenvalue weighted by Crippen LogP contribution is 2.28. The van der Waals surface area contributed by atoms with Crippen molar-refractivity contribution in [3.8, 4) is 5.75 Å². The molecule has 92 valence electrons. The van der Waals surface area contributed by atoms with E-state index in [2.05, 4.69) is 26.6 Å². The molecule has 0 saturated carbocycles. The molecule has 1 saturated heterocycles. The van der Waals surface area contributed by atoms with Crippen LogP contribution in [0, 0.1) is 0 Å². The maximum absolute atomic E-state index is 11.9. The average molecular weight is 299 g/mol. The van der Waals surface area contributed by atoms with Gasteiger partial charge in [-0.2, -0.15) is 0 Å². The Morgan fingerprint density at radius 2 is 2.41 bits per heavy atom. The van der Waals surface area contributed by atoms with Crippen molar-refractivity contribution in [1.29, 1.82) is 0 Å². The summed E-state index contributed by atoms with van der Waals surface area (Å²) in [4.78, 5) is 11.9.